The van der Waals surface area contributed by atoms with Gasteiger partial charge in [0, 0.05) is 6.42 Å². The summed E-state index contributed by atoms with van der Waals surface area (Å²) in [6, 6.07) is -0.823. The number of carbonyl (C=O) groups excluding carboxylic acids is 1. The van der Waals surface area contributed by atoms with E-state index in [4.69, 9.17) is 0 Å². The second-order valence-corrected chi connectivity index (χ2v) is 22.3. The lowest BCUT2D eigenvalue weighted by Gasteiger charge is -2.26. The molecule has 0 aromatic rings. The summed E-state index contributed by atoms with van der Waals surface area (Å²) in [7, 11) is 0. The van der Waals surface area contributed by atoms with E-state index in [0.717, 1.165) is 38.5 Å². The van der Waals surface area contributed by atoms with E-state index in [2.05, 4.69) is 31.3 Å². The summed E-state index contributed by atoms with van der Waals surface area (Å²) in [5.74, 6) is -0.145. The Morgan fingerprint density at radius 3 is 0.841 bits per heavy atom. The molecule has 0 aromatic heterocycles. The van der Waals surface area contributed by atoms with E-state index in [-0.39, 0.29) is 12.5 Å². The number of unbranched alkanes of at least 4 members (excludes halogenated alkanes) is 50. The van der Waals surface area contributed by atoms with Crippen LogP contribution in [0.1, 0.15) is 367 Å². The molecule has 0 aromatic carbocycles. The van der Waals surface area contributed by atoms with Crippen LogP contribution in [-0.2, 0) is 4.79 Å². The lowest BCUT2D eigenvalue weighted by atomic mass is 10.0. The number of aliphatic hydroxyl groups excluding tert-OH is 3. The van der Waals surface area contributed by atoms with Crippen molar-refractivity contribution in [1.82, 2.24) is 5.32 Å². The lowest BCUT2D eigenvalue weighted by Crippen LogP contribution is -2.50. The van der Waals surface area contributed by atoms with E-state index in [0.29, 0.717) is 12.8 Å². The zero-order chi connectivity index (χ0) is 50.0. The van der Waals surface area contributed by atoms with Gasteiger partial charge in [0.05, 0.1) is 18.8 Å². The number of rotatable bonds is 60. The fraction of sp³-hybridized carbons (Fsp3) is 0.953. The van der Waals surface area contributed by atoms with Crippen LogP contribution in [0.2, 0.25) is 0 Å². The average Bonchev–Trinajstić information content (AvgIpc) is 3.35. The minimum atomic E-state index is -1.16. The molecule has 0 spiro atoms. The molecule has 0 bridgehead atoms. The summed E-state index contributed by atoms with van der Waals surface area (Å²) >= 11 is 0. The molecule has 412 valence electrons. The third-order valence-electron chi connectivity index (χ3n) is 15.4. The van der Waals surface area contributed by atoms with Gasteiger partial charge in [-0.1, -0.05) is 334 Å². The van der Waals surface area contributed by atoms with Crippen molar-refractivity contribution in [1.29, 1.82) is 0 Å². The van der Waals surface area contributed by atoms with Crippen molar-refractivity contribution in [2.24, 2.45) is 0 Å². The predicted molar refractivity (Wildman–Crippen MR) is 305 cm³/mol. The van der Waals surface area contributed by atoms with E-state index >= 15 is 0 Å². The van der Waals surface area contributed by atoms with Crippen LogP contribution in [0.5, 0.6) is 0 Å². The minimum absolute atomic E-state index is 0.145. The molecule has 69 heavy (non-hydrogen) atoms. The maximum absolute atomic E-state index is 12.5. The number of hydrogen-bond acceptors (Lipinski definition) is 4. The highest BCUT2D eigenvalue weighted by Crippen LogP contribution is 2.19. The minimum Gasteiger partial charge on any atom is -0.394 e. The fourth-order valence-corrected chi connectivity index (χ4v) is 10.5. The van der Waals surface area contributed by atoms with E-state index in [9.17, 15) is 20.1 Å². The van der Waals surface area contributed by atoms with E-state index in [1.54, 1.807) is 0 Å². The average molecular weight is 975 g/mol. The first kappa shape index (κ1) is 68.1. The highest BCUT2D eigenvalue weighted by Gasteiger charge is 2.26. The molecule has 3 atom stereocenters. The Morgan fingerprint density at radius 2 is 0.580 bits per heavy atom. The Bertz CT molecular complexity index is 987. The number of allylic oxidation sites excluding steroid dienone is 2. The normalized spacial score (nSPS) is 13.2. The van der Waals surface area contributed by atoms with E-state index < -0.39 is 18.2 Å². The van der Waals surface area contributed by atoms with Gasteiger partial charge in [0.25, 0.3) is 0 Å². The maximum atomic E-state index is 12.5. The molecule has 1 amide bonds. The van der Waals surface area contributed by atoms with Crippen LogP contribution < -0.4 is 5.32 Å². The summed E-state index contributed by atoms with van der Waals surface area (Å²) in [4.78, 5) is 12.5. The molecular weight excluding hydrogens is 847 g/mol. The molecule has 0 aliphatic carbocycles. The van der Waals surface area contributed by atoms with Crippen molar-refractivity contribution >= 4 is 5.91 Å². The number of aliphatic hydroxyl groups is 3. The Hall–Kier alpha value is -0.910. The smallest absolute Gasteiger partial charge is 0.220 e. The van der Waals surface area contributed by atoms with E-state index in [1.165, 1.54) is 302 Å². The summed E-state index contributed by atoms with van der Waals surface area (Å²) < 4.78 is 0. The van der Waals surface area contributed by atoms with Crippen molar-refractivity contribution in [2.75, 3.05) is 6.61 Å². The maximum Gasteiger partial charge on any atom is 0.220 e. The third-order valence-corrected chi connectivity index (χ3v) is 15.4. The first-order chi connectivity index (χ1) is 34.1. The van der Waals surface area contributed by atoms with Gasteiger partial charge in [-0.05, 0) is 38.5 Å². The quantitative estimate of drug-likeness (QED) is 0.0361. The lowest BCUT2D eigenvalue weighted by molar-refractivity contribution is -0.124. The van der Waals surface area contributed by atoms with Crippen LogP contribution in [0.3, 0.4) is 0 Å². The van der Waals surface area contributed by atoms with Crippen molar-refractivity contribution in [3.8, 4) is 0 Å². The van der Waals surface area contributed by atoms with Gasteiger partial charge in [-0.25, -0.2) is 0 Å². The van der Waals surface area contributed by atoms with Crippen LogP contribution >= 0.6 is 0 Å². The third kappa shape index (κ3) is 54.7. The van der Waals surface area contributed by atoms with E-state index in [1.807, 2.05) is 0 Å². The van der Waals surface area contributed by atoms with Crippen LogP contribution in [-0.4, -0.2) is 46.1 Å². The highest BCUT2D eigenvalue weighted by molar-refractivity contribution is 5.76. The van der Waals surface area contributed by atoms with Gasteiger partial charge in [-0.2, -0.15) is 0 Å². The molecule has 0 aliphatic rings. The Labute approximate surface area is 433 Å². The first-order valence-electron chi connectivity index (χ1n) is 32.0. The first-order valence-corrected chi connectivity index (χ1v) is 32.0. The number of nitrogens with one attached hydrogen (secondary N) is 1. The monoisotopic (exact) mass is 974 g/mol. The molecule has 5 heteroatoms. The molecule has 0 aliphatic heterocycles. The zero-order valence-electron chi connectivity index (χ0n) is 47.2. The van der Waals surface area contributed by atoms with Gasteiger partial charge in [-0.3, -0.25) is 4.79 Å². The number of hydrogen-bond donors (Lipinski definition) is 4. The van der Waals surface area contributed by atoms with Gasteiger partial charge >= 0.3 is 0 Å². The summed E-state index contributed by atoms with van der Waals surface area (Å²) in [5, 5.41) is 33.8. The molecular formula is C64H127NO4. The SMILES string of the molecule is CCCCCCCCCCCCCCCCC/C=C/CCCC(O)C(O)C(CO)NC(=O)CCCCCCCCCCCCCCCCCCCCCCCCCCCCCCCCCCCCC. The van der Waals surface area contributed by atoms with Crippen LogP contribution in [0.15, 0.2) is 12.2 Å². The van der Waals surface area contributed by atoms with Crippen LogP contribution in [0.25, 0.3) is 0 Å². The molecule has 0 radical (unpaired) electrons. The predicted octanol–water partition coefficient (Wildman–Crippen LogP) is 20.2. The van der Waals surface area contributed by atoms with Gasteiger partial charge in [0.15, 0.2) is 0 Å². The van der Waals surface area contributed by atoms with Gasteiger partial charge in [0.2, 0.25) is 5.91 Å². The van der Waals surface area contributed by atoms with Crippen molar-refractivity contribution in [2.45, 2.75) is 385 Å². The molecule has 0 rings (SSSR count). The topological polar surface area (TPSA) is 89.8 Å². The van der Waals surface area contributed by atoms with Gasteiger partial charge < -0.3 is 20.6 Å². The fourth-order valence-electron chi connectivity index (χ4n) is 10.5. The summed E-state index contributed by atoms with van der Waals surface area (Å²) in [6.07, 6.45) is 75.6. The second-order valence-electron chi connectivity index (χ2n) is 22.3. The van der Waals surface area contributed by atoms with Gasteiger partial charge in [-0.15, -0.1) is 0 Å². The van der Waals surface area contributed by atoms with Crippen LogP contribution in [0, 0.1) is 0 Å². The molecule has 0 heterocycles. The summed E-state index contributed by atoms with van der Waals surface area (Å²) in [5.41, 5.74) is 0. The molecule has 0 saturated heterocycles. The molecule has 0 fully saturated rings. The van der Waals surface area contributed by atoms with Crippen molar-refractivity contribution < 1.29 is 20.1 Å². The van der Waals surface area contributed by atoms with Gasteiger partial charge in [0.1, 0.15) is 6.10 Å². The summed E-state index contributed by atoms with van der Waals surface area (Å²) in [6.45, 7) is 4.22. The largest absolute Gasteiger partial charge is 0.394 e. The standard InChI is InChI=1S/C64H127NO4/c1-3-5-7-9-11-13-15-17-19-21-23-25-26-27-28-29-30-31-32-33-34-35-36-37-38-39-41-43-45-47-49-51-53-55-57-59-63(68)65-61(60-66)64(69)62(67)58-56-54-52-50-48-46-44-42-40-24-22-20-18-16-14-12-10-8-6-4-2/h50,52,61-62,64,66-67,69H,3-49,51,53-60H2,1-2H3,(H,65,68)/b52-50+. The number of carbonyl (C=O) groups is 1. The number of amides is 1. The highest BCUT2D eigenvalue weighted by atomic mass is 16.3. The van der Waals surface area contributed by atoms with Crippen LogP contribution in [0.4, 0.5) is 0 Å². The second kappa shape index (κ2) is 59.7. The molecule has 3 unspecified atom stereocenters. The Morgan fingerprint density at radius 1 is 0.348 bits per heavy atom. The Balaban J connectivity index is 3.45. The van der Waals surface area contributed by atoms with Crippen molar-refractivity contribution in [3.63, 3.8) is 0 Å². The molecule has 4 N–H and O–H groups in total. The van der Waals surface area contributed by atoms with Crippen molar-refractivity contribution in [3.05, 3.63) is 12.2 Å². The Kier molecular flexibility index (Phi) is 58.9. The molecule has 0 saturated carbocycles. The molecule has 5 nitrogen and oxygen atoms in total. The zero-order valence-corrected chi connectivity index (χ0v) is 47.2.